The van der Waals surface area contributed by atoms with Gasteiger partial charge in [0.1, 0.15) is 5.69 Å². The van der Waals surface area contributed by atoms with Gasteiger partial charge in [-0.15, -0.1) is 0 Å². The fourth-order valence-electron chi connectivity index (χ4n) is 1.92. The molecule has 0 unspecified atom stereocenters. The van der Waals surface area contributed by atoms with E-state index in [-0.39, 0.29) is 11.9 Å². The van der Waals surface area contributed by atoms with E-state index in [9.17, 15) is 4.79 Å². The van der Waals surface area contributed by atoms with E-state index in [4.69, 9.17) is 0 Å². The van der Waals surface area contributed by atoms with Gasteiger partial charge in [-0.2, -0.15) is 0 Å². The number of benzene rings is 1. The summed E-state index contributed by atoms with van der Waals surface area (Å²) in [5.41, 5.74) is 2.56. The molecule has 0 fully saturated rings. The number of nitrogens with one attached hydrogen (secondary N) is 1. The number of nitrogens with zero attached hydrogens (tertiary/aromatic N) is 1. The van der Waals surface area contributed by atoms with Gasteiger partial charge in [0.2, 0.25) is 0 Å². The van der Waals surface area contributed by atoms with Crippen LogP contribution in [0, 0.1) is 6.92 Å². The highest BCUT2D eigenvalue weighted by Gasteiger charge is 2.15. The number of rotatable bonds is 3. The van der Waals surface area contributed by atoms with Crippen LogP contribution in [0.3, 0.4) is 0 Å². The number of hydrogen-bond acceptors (Lipinski definition) is 1. The molecule has 0 aliphatic rings. The maximum atomic E-state index is 12.4. The first-order valence-corrected chi connectivity index (χ1v) is 7.92. The Labute approximate surface area is 135 Å². The Balaban J connectivity index is 2.26. The normalized spacial score (nSPS) is 10.9. The highest BCUT2D eigenvalue weighted by Crippen LogP contribution is 2.23. The quantitative estimate of drug-likeness (QED) is 0.760. The molecule has 0 saturated heterocycles. The largest absolute Gasteiger partial charge is 0.340 e. The van der Waals surface area contributed by atoms with Gasteiger partial charge in [-0.1, -0.05) is 22.0 Å². The Morgan fingerprint density at radius 1 is 1.25 bits per heavy atom. The molecule has 2 aromatic rings. The molecule has 1 N–H and O–H groups in total. The van der Waals surface area contributed by atoms with Crippen LogP contribution >= 0.6 is 31.9 Å². The summed E-state index contributed by atoms with van der Waals surface area (Å²) in [6.07, 6.45) is 1.92. The molecule has 106 valence electrons. The van der Waals surface area contributed by atoms with E-state index in [2.05, 4.69) is 37.2 Å². The lowest BCUT2D eigenvalue weighted by Gasteiger charge is -2.13. The van der Waals surface area contributed by atoms with E-state index in [1.54, 1.807) is 0 Å². The molecule has 0 radical (unpaired) electrons. The van der Waals surface area contributed by atoms with E-state index in [1.165, 1.54) is 0 Å². The Morgan fingerprint density at radius 2 is 1.95 bits per heavy atom. The van der Waals surface area contributed by atoms with Crippen LogP contribution in [0.25, 0.3) is 0 Å². The topological polar surface area (TPSA) is 34.0 Å². The molecular formula is C15H16Br2N2O. The molecule has 0 bridgehead atoms. The summed E-state index contributed by atoms with van der Waals surface area (Å²) in [5.74, 6) is -0.111. The number of carbonyl (C=O) groups excluding carboxylic acids is 1. The van der Waals surface area contributed by atoms with Crippen LogP contribution < -0.4 is 5.32 Å². The average Bonchev–Trinajstić information content (AvgIpc) is 2.76. The van der Waals surface area contributed by atoms with Gasteiger partial charge in [0.25, 0.3) is 5.91 Å². The first-order valence-electron chi connectivity index (χ1n) is 6.33. The van der Waals surface area contributed by atoms with E-state index in [0.29, 0.717) is 5.69 Å². The predicted molar refractivity (Wildman–Crippen MR) is 89.3 cm³/mol. The van der Waals surface area contributed by atoms with Gasteiger partial charge in [0.15, 0.2) is 0 Å². The number of carbonyl (C=O) groups is 1. The lowest BCUT2D eigenvalue weighted by molar-refractivity contribution is 0.101. The molecule has 20 heavy (non-hydrogen) atoms. The summed E-state index contributed by atoms with van der Waals surface area (Å²) in [4.78, 5) is 12.4. The van der Waals surface area contributed by atoms with Crippen molar-refractivity contribution in [3.05, 3.63) is 50.7 Å². The van der Waals surface area contributed by atoms with E-state index < -0.39 is 0 Å². The Bertz CT molecular complexity index is 647. The van der Waals surface area contributed by atoms with Gasteiger partial charge in [0.05, 0.1) is 0 Å². The van der Waals surface area contributed by atoms with Crippen molar-refractivity contribution in [1.82, 2.24) is 4.57 Å². The molecule has 0 spiro atoms. The molecule has 5 heteroatoms. The smallest absolute Gasteiger partial charge is 0.272 e. The third-order valence-electron chi connectivity index (χ3n) is 3.03. The van der Waals surface area contributed by atoms with E-state index in [0.717, 1.165) is 20.2 Å². The molecule has 3 nitrogen and oxygen atoms in total. The third-order valence-corrected chi connectivity index (χ3v) is 4.32. The molecule has 1 aromatic carbocycles. The molecule has 0 aliphatic heterocycles. The zero-order chi connectivity index (χ0) is 14.9. The summed E-state index contributed by atoms with van der Waals surface area (Å²) in [7, 11) is 0. The number of hydrogen-bond donors (Lipinski definition) is 1. The summed E-state index contributed by atoms with van der Waals surface area (Å²) < 4.78 is 3.83. The Morgan fingerprint density at radius 3 is 2.55 bits per heavy atom. The van der Waals surface area contributed by atoms with Crippen LogP contribution in [0.1, 0.15) is 35.9 Å². The monoisotopic (exact) mass is 398 g/mol. The summed E-state index contributed by atoms with van der Waals surface area (Å²) in [5, 5.41) is 2.92. The van der Waals surface area contributed by atoms with E-state index in [1.807, 2.05) is 55.8 Å². The van der Waals surface area contributed by atoms with Crippen molar-refractivity contribution in [3.63, 3.8) is 0 Å². The highest BCUT2D eigenvalue weighted by molar-refractivity contribution is 9.10. The van der Waals surface area contributed by atoms with Crippen molar-refractivity contribution in [1.29, 1.82) is 0 Å². The fraction of sp³-hybridized carbons (Fsp3) is 0.267. The third kappa shape index (κ3) is 3.33. The van der Waals surface area contributed by atoms with Gasteiger partial charge in [-0.25, -0.2) is 0 Å². The fourth-order valence-corrected chi connectivity index (χ4v) is 2.74. The number of anilines is 1. The van der Waals surface area contributed by atoms with Crippen molar-refractivity contribution in [2.45, 2.75) is 26.8 Å². The second-order valence-corrected chi connectivity index (χ2v) is 6.73. The Hall–Kier alpha value is -1.07. The van der Waals surface area contributed by atoms with Gasteiger partial charge in [-0.05, 0) is 60.5 Å². The van der Waals surface area contributed by atoms with Gasteiger partial charge < -0.3 is 9.88 Å². The van der Waals surface area contributed by atoms with Gasteiger partial charge in [-0.3, -0.25) is 4.79 Å². The molecule has 0 atom stereocenters. The average molecular weight is 400 g/mol. The number of aryl methyl sites for hydroxylation is 1. The van der Waals surface area contributed by atoms with Crippen molar-refractivity contribution in [2.24, 2.45) is 0 Å². The minimum absolute atomic E-state index is 0.111. The van der Waals surface area contributed by atoms with Crippen LogP contribution in [0.2, 0.25) is 0 Å². The SMILES string of the molecule is Cc1ccc(NC(=O)c2cc(Br)cn2C(C)C)cc1Br. The first kappa shape index (κ1) is 15.3. The molecule has 1 amide bonds. The zero-order valence-corrected chi connectivity index (χ0v) is 14.7. The van der Waals surface area contributed by atoms with Gasteiger partial charge in [0, 0.05) is 26.9 Å². The van der Waals surface area contributed by atoms with Crippen molar-refractivity contribution in [3.8, 4) is 0 Å². The molecular weight excluding hydrogens is 384 g/mol. The minimum Gasteiger partial charge on any atom is -0.340 e. The van der Waals surface area contributed by atoms with E-state index >= 15 is 0 Å². The molecule has 1 heterocycles. The molecule has 0 saturated carbocycles. The van der Waals surface area contributed by atoms with Crippen LogP contribution in [0.15, 0.2) is 39.4 Å². The zero-order valence-electron chi connectivity index (χ0n) is 11.6. The van der Waals surface area contributed by atoms with Crippen molar-refractivity contribution >= 4 is 43.5 Å². The summed E-state index contributed by atoms with van der Waals surface area (Å²) in [6.45, 7) is 6.11. The lowest BCUT2D eigenvalue weighted by atomic mass is 10.2. The van der Waals surface area contributed by atoms with Crippen LogP contribution in [0.4, 0.5) is 5.69 Å². The van der Waals surface area contributed by atoms with Crippen LogP contribution in [0.5, 0.6) is 0 Å². The maximum Gasteiger partial charge on any atom is 0.272 e. The second kappa shape index (κ2) is 6.14. The summed E-state index contributed by atoms with van der Waals surface area (Å²) in [6, 6.07) is 7.84. The number of aromatic nitrogens is 1. The molecule has 0 aliphatic carbocycles. The van der Waals surface area contributed by atoms with Crippen molar-refractivity contribution in [2.75, 3.05) is 5.32 Å². The highest BCUT2D eigenvalue weighted by atomic mass is 79.9. The number of amides is 1. The predicted octanol–water partition coefficient (Wildman–Crippen LogP) is 5.15. The standard InChI is InChI=1S/C15H16Br2N2O/c1-9(2)19-8-11(16)6-14(19)15(20)18-12-5-4-10(3)13(17)7-12/h4-9H,1-3H3,(H,18,20). The van der Waals surface area contributed by atoms with Crippen LogP contribution in [-0.2, 0) is 0 Å². The second-order valence-electron chi connectivity index (χ2n) is 4.96. The summed E-state index contributed by atoms with van der Waals surface area (Å²) >= 11 is 6.89. The molecule has 2 rings (SSSR count). The minimum atomic E-state index is -0.111. The van der Waals surface area contributed by atoms with Gasteiger partial charge >= 0.3 is 0 Å². The van der Waals surface area contributed by atoms with Crippen molar-refractivity contribution < 1.29 is 4.79 Å². The molecule has 1 aromatic heterocycles. The Kier molecular flexibility index (Phi) is 4.70. The first-order chi connectivity index (χ1) is 9.38. The lowest BCUT2D eigenvalue weighted by Crippen LogP contribution is -2.17. The number of halogens is 2. The van der Waals surface area contributed by atoms with Crippen LogP contribution in [-0.4, -0.2) is 10.5 Å². The maximum absolute atomic E-state index is 12.4.